The van der Waals surface area contributed by atoms with E-state index < -0.39 is 0 Å². The lowest BCUT2D eigenvalue weighted by atomic mass is 10.1. The summed E-state index contributed by atoms with van der Waals surface area (Å²) in [6.45, 7) is 8.01. The monoisotopic (exact) mass is 472 g/mol. The minimum Gasteiger partial charge on any atom is -0.474 e. The fourth-order valence-corrected chi connectivity index (χ4v) is 4.14. The predicted octanol–water partition coefficient (Wildman–Crippen LogP) is 3.08. The summed E-state index contributed by atoms with van der Waals surface area (Å²) in [4.78, 5) is 33.5. The zero-order valence-electron chi connectivity index (χ0n) is 19.9. The summed E-state index contributed by atoms with van der Waals surface area (Å²) < 4.78 is 9.43. The van der Waals surface area contributed by atoms with Gasteiger partial charge in [0.2, 0.25) is 11.8 Å². The highest BCUT2D eigenvalue weighted by molar-refractivity contribution is 5.77. The van der Waals surface area contributed by atoms with Crippen molar-refractivity contribution in [1.82, 2.24) is 34.2 Å². The minimum atomic E-state index is -0.216. The first kappa shape index (κ1) is 22.7. The standard InChI is InChI=1S/C25H28N8O2/c1-4-12-32-24(34)20-16-27-25(28-18-9-8-17(2)26-15-18)30-23(20)33(32)21-6-5-7-22(29-21)35-19-10-13-31(3)14-11-19/h4-9,15-16,19H,1,10-14H2,2-3H3,(H,27,28,30). The maximum atomic E-state index is 13.2. The van der Waals surface area contributed by atoms with Gasteiger partial charge in [0, 0.05) is 31.0 Å². The normalized spacial score (nSPS) is 14.8. The number of allylic oxidation sites excluding steroid dienone is 1. The molecule has 0 spiro atoms. The Morgan fingerprint density at radius 3 is 2.71 bits per heavy atom. The van der Waals surface area contributed by atoms with Gasteiger partial charge >= 0.3 is 0 Å². The van der Waals surface area contributed by atoms with Crippen molar-refractivity contribution in [3.8, 4) is 11.7 Å². The third-order valence-corrected chi connectivity index (χ3v) is 6.02. The largest absolute Gasteiger partial charge is 0.474 e. The highest BCUT2D eigenvalue weighted by atomic mass is 16.5. The Balaban J connectivity index is 1.53. The van der Waals surface area contributed by atoms with Crippen molar-refractivity contribution >= 4 is 22.7 Å². The molecule has 0 atom stereocenters. The average molecular weight is 473 g/mol. The van der Waals surface area contributed by atoms with Gasteiger partial charge in [0.05, 0.1) is 18.4 Å². The number of nitrogens with zero attached hydrogens (tertiary/aromatic N) is 7. The lowest BCUT2D eigenvalue weighted by molar-refractivity contribution is 0.110. The number of fused-ring (bicyclic) bond motifs is 1. The average Bonchev–Trinajstić information content (AvgIpc) is 3.13. The van der Waals surface area contributed by atoms with Crippen LogP contribution in [0.15, 0.2) is 60.2 Å². The summed E-state index contributed by atoms with van der Waals surface area (Å²) in [5.41, 5.74) is 1.89. The van der Waals surface area contributed by atoms with E-state index in [0.717, 1.165) is 37.3 Å². The number of hydrogen-bond acceptors (Lipinski definition) is 8. The fourth-order valence-electron chi connectivity index (χ4n) is 4.14. The Hall–Kier alpha value is -4.05. The Kier molecular flexibility index (Phi) is 6.28. The van der Waals surface area contributed by atoms with Gasteiger partial charge < -0.3 is 15.0 Å². The van der Waals surface area contributed by atoms with E-state index in [0.29, 0.717) is 35.2 Å². The molecule has 1 aliphatic heterocycles. The zero-order valence-corrected chi connectivity index (χ0v) is 19.9. The van der Waals surface area contributed by atoms with E-state index in [9.17, 15) is 4.79 Å². The molecule has 0 amide bonds. The first-order valence-electron chi connectivity index (χ1n) is 11.6. The summed E-state index contributed by atoms with van der Waals surface area (Å²) in [6.07, 6.45) is 6.93. The molecule has 0 unspecified atom stereocenters. The highest BCUT2D eigenvalue weighted by Gasteiger charge is 2.21. The number of aromatic nitrogens is 6. The van der Waals surface area contributed by atoms with Crippen molar-refractivity contribution in [2.24, 2.45) is 0 Å². The van der Waals surface area contributed by atoms with E-state index in [1.165, 1.54) is 6.20 Å². The SMILES string of the molecule is C=CCn1c(=O)c2cnc(Nc3ccc(C)nc3)nc2n1-c1cccc(OC2CCN(C)CC2)n1. The Morgan fingerprint density at radius 2 is 1.97 bits per heavy atom. The van der Waals surface area contributed by atoms with Crippen molar-refractivity contribution in [3.05, 3.63) is 71.4 Å². The van der Waals surface area contributed by atoms with Crippen LogP contribution < -0.4 is 15.6 Å². The van der Waals surface area contributed by atoms with Gasteiger partial charge in [0.1, 0.15) is 11.5 Å². The van der Waals surface area contributed by atoms with Crippen molar-refractivity contribution in [1.29, 1.82) is 0 Å². The first-order chi connectivity index (χ1) is 17.0. The van der Waals surface area contributed by atoms with Gasteiger partial charge in [-0.05, 0) is 45.0 Å². The van der Waals surface area contributed by atoms with E-state index in [1.807, 2.05) is 37.3 Å². The molecule has 1 fully saturated rings. The van der Waals surface area contributed by atoms with Gasteiger partial charge in [-0.1, -0.05) is 12.1 Å². The number of likely N-dealkylation sites (tertiary alicyclic amines) is 1. The second-order valence-electron chi connectivity index (χ2n) is 8.69. The molecule has 1 aliphatic rings. The van der Waals surface area contributed by atoms with E-state index in [4.69, 9.17) is 9.72 Å². The van der Waals surface area contributed by atoms with Gasteiger partial charge in [0.25, 0.3) is 5.56 Å². The molecule has 0 aliphatic carbocycles. The number of rotatable bonds is 7. The zero-order chi connectivity index (χ0) is 24.4. The summed E-state index contributed by atoms with van der Waals surface area (Å²) in [5, 5.41) is 3.54. The Labute approximate surface area is 202 Å². The lowest BCUT2D eigenvalue weighted by Gasteiger charge is -2.29. The van der Waals surface area contributed by atoms with Crippen molar-refractivity contribution < 1.29 is 4.74 Å². The van der Waals surface area contributed by atoms with Crippen LogP contribution in [0.1, 0.15) is 18.5 Å². The Bertz CT molecular complexity index is 1400. The minimum absolute atomic E-state index is 0.118. The van der Waals surface area contributed by atoms with Gasteiger partial charge in [-0.3, -0.25) is 9.78 Å². The topological polar surface area (TPSA) is 103 Å². The van der Waals surface area contributed by atoms with Gasteiger partial charge in [-0.2, -0.15) is 9.97 Å². The van der Waals surface area contributed by atoms with E-state index in [1.54, 1.807) is 21.6 Å². The molecule has 180 valence electrons. The first-order valence-corrected chi connectivity index (χ1v) is 11.6. The van der Waals surface area contributed by atoms with Crippen LogP contribution >= 0.6 is 0 Å². The molecular weight excluding hydrogens is 444 g/mol. The lowest BCUT2D eigenvalue weighted by Crippen LogP contribution is -2.35. The van der Waals surface area contributed by atoms with Crippen LogP contribution in [-0.2, 0) is 6.54 Å². The number of hydrogen-bond donors (Lipinski definition) is 1. The summed E-state index contributed by atoms with van der Waals surface area (Å²) in [5.74, 6) is 1.41. The highest BCUT2D eigenvalue weighted by Crippen LogP contribution is 2.21. The van der Waals surface area contributed by atoms with E-state index in [-0.39, 0.29) is 11.7 Å². The van der Waals surface area contributed by atoms with Crippen LogP contribution in [0, 0.1) is 6.92 Å². The van der Waals surface area contributed by atoms with Gasteiger partial charge in [-0.15, -0.1) is 6.58 Å². The smallest absolute Gasteiger partial charge is 0.278 e. The Morgan fingerprint density at radius 1 is 1.14 bits per heavy atom. The molecule has 10 nitrogen and oxygen atoms in total. The second-order valence-corrected chi connectivity index (χ2v) is 8.69. The number of pyridine rings is 2. The van der Waals surface area contributed by atoms with Crippen LogP contribution in [0.2, 0.25) is 0 Å². The molecule has 1 N–H and O–H groups in total. The molecule has 1 saturated heterocycles. The quantitative estimate of drug-likeness (QED) is 0.410. The van der Waals surface area contributed by atoms with Crippen molar-refractivity contribution in [2.75, 3.05) is 25.5 Å². The number of aryl methyl sites for hydroxylation is 1. The van der Waals surface area contributed by atoms with Crippen LogP contribution in [0.4, 0.5) is 11.6 Å². The molecular formula is C25H28N8O2. The molecule has 5 rings (SSSR count). The van der Waals surface area contributed by atoms with Crippen LogP contribution in [0.25, 0.3) is 16.9 Å². The van der Waals surface area contributed by atoms with Crippen molar-refractivity contribution in [2.45, 2.75) is 32.4 Å². The maximum absolute atomic E-state index is 13.2. The number of anilines is 2. The molecule has 4 aromatic rings. The fraction of sp³-hybridized carbons (Fsp3) is 0.320. The van der Waals surface area contributed by atoms with Crippen molar-refractivity contribution in [3.63, 3.8) is 0 Å². The van der Waals surface area contributed by atoms with E-state index in [2.05, 4.69) is 38.8 Å². The predicted molar refractivity (Wildman–Crippen MR) is 135 cm³/mol. The van der Waals surface area contributed by atoms with Gasteiger partial charge in [0.15, 0.2) is 11.5 Å². The third kappa shape index (κ3) is 4.78. The van der Waals surface area contributed by atoms with Crippen LogP contribution in [0.5, 0.6) is 5.88 Å². The molecule has 4 aromatic heterocycles. The second kappa shape index (κ2) is 9.67. The maximum Gasteiger partial charge on any atom is 0.278 e. The molecule has 35 heavy (non-hydrogen) atoms. The summed E-state index contributed by atoms with van der Waals surface area (Å²) in [6, 6.07) is 9.35. The van der Waals surface area contributed by atoms with Gasteiger partial charge in [-0.25, -0.2) is 14.3 Å². The number of nitrogens with one attached hydrogen (secondary N) is 1. The van der Waals surface area contributed by atoms with Crippen LogP contribution in [-0.4, -0.2) is 60.4 Å². The molecule has 0 saturated carbocycles. The summed E-state index contributed by atoms with van der Waals surface area (Å²) >= 11 is 0. The molecule has 10 heteroatoms. The third-order valence-electron chi connectivity index (χ3n) is 6.02. The molecule has 0 aromatic carbocycles. The van der Waals surface area contributed by atoms with E-state index >= 15 is 0 Å². The van der Waals surface area contributed by atoms with Crippen LogP contribution in [0.3, 0.4) is 0 Å². The molecule has 0 radical (unpaired) electrons. The number of piperidine rings is 1. The number of ether oxygens (including phenoxy) is 1. The summed E-state index contributed by atoms with van der Waals surface area (Å²) in [7, 11) is 2.12. The molecule has 0 bridgehead atoms. The molecule has 5 heterocycles.